The minimum atomic E-state index is -1.27. The molecule has 3 rings (SSSR count). The Balaban J connectivity index is 2.12. The molecule has 0 radical (unpaired) electrons. The number of hydrogen-bond acceptors (Lipinski definition) is 6. The zero-order valence-corrected chi connectivity index (χ0v) is 13.7. The summed E-state index contributed by atoms with van der Waals surface area (Å²) >= 11 is 0. The number of rotatable bonds is 2. The normalized spacial score (nSPS) is 24.4. The Morgan fingerprint density at radius 3 is 2.67 bits per heavy atom. The summed E-state index contributed by atoms with van der Waals surface area (Å²) in [4.78, 5) is 3.75. The van der Waals surface area contributed by atoms with Crippen molar-refractivity contribution in [1.82, 2.24) is 4.98 Å². The van der Waals surface area contributed by atoms with Gasteiger partial charge in [0.15, 0.2) is 0 Å². The molecule has 1 aliphatic heterocycles. The molecule has 0 fully saturated rings. The lowest BCUT2D eigenvalue weighted by Gasteiger charge is -2.49. The van der Waals surface area contributed by atoms with Crippen LogP contribution in [0.25, 0.3) is 0 Å². The van der Waals surface area contributed by atoms with Crippen LogP contribution in [0.5, 0.6) is 11.6 Å². The van der Waals surface area contributed by atoms with Gasteiger partial charge in [0.25, 0.3) is 0 Å². The number of ether oxygens (including phenoxy) is 1. The summed E-state index contributed by atoms with van der Waals surface area (Å²) in [5.41, 5.74) is -0.348. The number of pyridine rings is 1. The van der Waals surface area contributed by atoms with Crippen LogP contribution in [0.2, 0.25) is 0 Å². The smallest absolute Gasteiger partial charge is 0.212 e. The summed E-state index contributed by atoms with van der Waals surface area (Å²) in [7, 11) is 0. The van der Waals surface area contributed by atoms with Crippen molar-refractivity contribution in [1.29, 1.82) is 5.26 Å². The monoisotopic (exact) mass is 325 g/mol. The van der Waals surface area contributed by atoms with Gasteiger partial charge in [-0.15, -0.1) is 0 Å². The molecule has 0 spiro atoms. The molecule has 0 amide bonds. The predicted molar refractivity (Wildman–Crippen MR) is 88.8 cm³/mol. The molecular weight excluding hydrogens is 306 g/mol. The van der Waals surface area contributed by atoms with Crippen molar-refractivity contribution >= 4 is 5.69 Å². The van der Waals surface area contributed by atoms with E-state index in [-0.39, 0.29) is 5.88 Å². The number of anilines is 1. The molecule has 1 aromatic heterocycles. The Morgan fingerprint density at radius 2 is 2.00 bits per heavy atom. The summed E-state index contributed by atoms with van der Waals surface area (Å²) in [6.07, 6.45) is 1.48. The van der Waals surface area contributed by atoms with Crippen LogP contribution >= 0.6 is 0 Å². The van der Waals surface area contributed by atoms with Crippen LogP contribution in [0, 0.1) is 11.3 Å². The largest absolute Gasteiger partial charge is 0.493 e. The number of nitrogens with one attached hydrogen (secondary N) is 1. The summed E-state index contributed by atoms with van der Waals surface area (Å²) in [5, 5.41) is 33.1. The fourth-order valence-electron chi connectivity index (χ4n) is 2.86. The van der Waals surface area contributed by atoms with Gasteiger partial charge >= 0.3 is 0 Å². The molecule has 0 aliphatic carbocycles. The lowest BCUT2D eigenvalue weighted by atomic mass is 9.75. The second kappa shape index (κ2) is 5.39. The summed E-state index contributed by atoms with van der Waals surface area (Å²) in [6.45, 7) is 5.31. The van der Waals surface area contributed by atoms with Crippen LogP contribution in [0.15, 0.2) is 36.5 Å². The Kier molecular flexibility index (Phi) is 3.61. The standard InChI is InChI=1S/C18H19N3O3/c1-17(2)18(3,23)16(21-12-6-7-20-15(22)9-12)13-8-11(10-19)4-5-14(13)24-17/h4-9,16,23H,1-3H3,(H2,20,21,22). The third-order valence-corrected chi connectivity index (χ3v) is 4.65. The molecule has 1 aromatic carbocycles. The highest BCUT2D eigenvalue weighted by atomic mass is 16.5. The van der Waals surface area contributed by atoms with E-state index in [4.69, 9.17) is 10.00 Å². The first kappa shape index (κ1) is 16.1. The Bertz CT molecular complexity index is 824. The number of nitrogens with zero attached hydrogens (tertiary/aromatic N) is 2. The molecule has 2 heterocycles. The summed E-state index contributed by atoms with van der Waals surface area (Å²) < 4.78 is 5.96. The quantitative estimate of drug-likeness (QED) is 0.785. The van der Waals surface area contributed by atoms with E-state index in [1.165, 1.54) is 12.3 Å². The predicted octanol–water partition coefficient (Wildman–Crippen LogP) is 2.73. The van der Waals surface area contributed by atoms with Gasteiger partial charge in [0.05, 0.1) is 17.7 Å². The first-order valence-corrected chi connectivity index (χ1v) is 7.61. The fourth-order valence-corrected chi connectivity index (χ4v) is 2.86. The highest BCUT2D eigenvalue weighted by Gasteiger charge is 2.52. The van der Waals surface area contributed by atoms with Crippen molar-refractivity contribution in [3.8, 4) is 17.7 Å². The molecule has 6 nitrogen and oxygen atoms in total. The molecule has 2 unspecified atom stereocenters. The minimum Gasteiger partial charge on any atom is -0.493 e. The maximum Gasteiger partial charge on any atom is 0.212 e. The van der Waals surface area contributed by atoms with Gasteiger partial charge in [-0.3, -0.25) is 0 Å². The molecule has 0 saturated carbocycles. The first-order valence-electron chi connectivity index (χ1n) is 7.61. The van der Waals surface area contributed by atoms with Crippen molar-refractivity contribution in [2.75, 3.05) is 5.32 Å². The van der Waals surface area contributed by atoms with Crippen LogP contribution in [0.3, 0.4) is 0 Å². The van der Waals surface area contributed by atoms with Crippen molar-refractivity contribution in [3.05, 3.63) is 47.7 Å². The number of nitriles is 1. The molecular formula is C18H19N3O3. The molecule has 2 atom stereocenters. The highest BCUT2D eigenvalue weighted by molar-refractivity contribution is 5.54. The van der Waals surface area contributed by atoms with E-state index in [9.17, 15) is 10.2 Å². The zero-order chi connectivity index (χ0) is 17.5. The second-order valence-electron chi connectivity index (χ2n) is 6.60. The minimum absolute atomic E-state index is 0.114. The van der Waals surface area contributed by atoms with E-state index >= 15 is 0 Å². The fraction of sp³-hybridized carbons (Fsp3) is 0.333. The van der Waals surface area contributed by atoms with Crippen molar-refractivity contribution in [2.24, 2.45) is 0 Å². The highest BCUT2D eigenvalue weighted by Crippen LogP contribution is 2.47. The number of hydrogen-bond donors (Lipinski definition) is 3. The van der Waals surface area contributed by atoms with E-state index in [0.29, 0.717) is 22.6 Å². The van der Waals surface area contributed by atoms with Crippen molar-refractivity contribution < 1.29 is 14.9 Å². The number of fused-ring (bicyclic) bond motifs is 1. The van der Waals surface area contributed by atoms with Crippen LogP contribution in [-0.2, 0) is 0 Å². The molecule has 1 aliphatic rings. The Morgan fingerprint density at radius 1 is 1.25 bits per heavy atom. The number of aromatic hydroxyl groups is 1. The van der Waals surface area contributed by atoms with Gasteiger partial charge in [-0.1, -0.05) is 0 Å². The van der Waals surface area contributed by atoms with Gasteiger partial charge < -0.3 is 20.3 Å². The molecule has 0 saturated heterocycles. The summed E-state index contributed by atoms with van der Waals surface area (Å²) in [5.74, 6) is 0.498. The first-order chi connectivity index (χ1) is 11.2. The van der Waals surface area contributed by atoms with Gasteiger partial charge in [0, 0.05) is 23.5 Å². The Hall–Kier alpha value is -2.78. The number of benzene rings is 1. The van der Waals surface area contributed by atoms with Crippen molar-refractivity contribution in [2.45, 2.75) is 38.0 Å². The van der Waals surface area contributed by atoms with E-state index in [2.05, 4.69) is 16.4 Å². The third-order valence-electron chi connectivity index (χ3n) is 4.65. The summed E-state index contributed by atoms with van der Waals surface area (Å²) in [6, 6.07) is 9.88. The Labute approximate surface area is 140 Å². The molecule has 6 heteroatoms. The SMILES string of the molecule is CC1(C)Oc2ccc(C#N)cc2C(Nc2ccnc(O)c2)C1(C)O. The molecule has 3 N–H and O–H groups in total. The number of aromatic nitrogens is 1. The van der Waals surface area contributed by atoms with Crippen LogP contribution in [-0.4, -0.2) is 26.4 Å². The molecule has 0 bridgehead atoms. The third kappa shape index (κ3) is 2.53. The van der Waals surface area contributed by atoms with Gasteiger partial charge in [-0.25, -0.2) is 4.98 Å². The van der Waals surface area contributed by atoms with E-state index < -0.39 is 17.2 Å². The molecule has 124 valence electrons. The topological polar surface area (TPSA) is 98.4 Å². The van der Waals surface area contributed by atoms with Gasteiger partial charge in [-0.2, -0.15) is 5.26 Å². The number of aliphatic hydroxyl groups is 1. The lowest BCUT2D eigenvalue weighted by Crippen LogP contribution is -2.59. The van der Waals surface area contributed by atoms with E-state index in [1.807, 2.05) is 13.8 Å². The lowest BCUT2D eigenvalue weighted by molar-refractivity contribution is -0.128. The average Bonchev–Trinajstić information content (AvgIpc) is 2.51. The average molecular weight is 325 g/mol. The molecule has 2 aromatic rings. The van der Waals surface area contributed by atoms with Gasteiger partial charge in [0.1, 0.15) is 17.0 Å². The zero-order valence-electron chi connectivity index (χ0n) is 13.7. The second-order valence-corrected chi connectivity index (χ2v) is 6.60. The van der Waals surface area contributed by atoms with E-state index in [1.54, 1.807) is 31.2 Å². The van der Waals surface area contributed by atoms with Gasteiger partial charge in [0.2, 0.25) is 5.88 Å². The maximum atomic E-state index is 11.2. The van der Waals surface area contributed by atoms with E-state index in [0.717, 1.165) is 0 Å². The van der Waals surface area contributed by atoms with Crippen molar-refractivity contribution in [3.63, 3.8) is 0 Å². The van der Waals surface area contributed by atoms with Crippen LogP contribution in [0.4, 0.5) is 5.69 Å². The maximum absolute atomic E-state index is 11.2. The van der Waals surface area contributed by atoms with Gasteiger partial charge in [-0.05, 0) is 45.0 Å². The van der Waals surface area contributed by atoms with Crippen LogP contribution in [0.1, 0.15) is 37.9 Å². The molecule has 24 heavy (non-hydrogen) atoms. The van der Waals surface area contributed by atoms with Crippen LogP contribution < -0.4 is 10.1 Å².